The van der Waals surface area contributed by atoms with Crippen molar-refractivity contribution in [1.29, 1.82) is 0 Å². The van der Waals surface area contributed by atoms with Gasteiger partial charge < -0.3 is 4.90 Å². The highest BCUT2D eigenvalue weighted by atomic mass is 15.1. The predicted molar refractivity (Wildman–Crippen MR) is 263 cm³/mol. The van der Waals surface area contributed by atoms with E-state index in [-0.39, 0.29) is 5.41 Å². The molecule has 1 atom stereocenters. The molecule has 63 heavy (non-hydrogen) atoms. The third-order valence-corrected chi connectivity index (χ3v) is 14.5. The highest BCUT2D eigenvalue weighted by molar-refractivity contribution is 6.06. The molecule has 0 aliphatic heterocycles. The van der Waals surface area contributed by atoms with Gasteiger partial charge in [0, 0.05) is 22.5 Å². The van der Waals surface area contributed by atoms with Gasteiger partial charge in [0.15, 0.2) is 0 Å². The largest absolute Gasteiger partial charge is 0.310 e. The highest BCUT2D eigenvalue weighted by Crippen LogP contribution is 2.64. The van der Waals surface area contributed by atoms with Crippen molar-refractivity contribution in [2.75, 3.05) is 4.90 Å². The summed E-state index contributed by atoms with van der Waals surface area (Å²) < 4.78 is 0. The summed E-state index contributed by atoms with van der Waals surface area (Å²) >= 11 is 0. The van der Waals surface area contributed by atoms with E-state index in [2.05, 4.69) is 243 Å². The third kappa shape index (κ3) is 5.05. The molecule has 0 fully saturated rings. The molecule has 3 aliphatic rings. The van der Waals surface area contributed by atoms with Crippen molar-refractivity contribution < 1.29 is 0 Å². The van der Waals surface area contributed by atoms with Gasteiger partial charge in [0.05, 0.1) is 5.41 Å². The Balaban J connectivity index is 0.967. The van der Waals surface area contributed by atoms with Gasteiger partial charge in [-0.25, -0.2) is 0 Å². The van der Waals surface area contributed by atoms with Crippen molar-refractivity contribution in [3.8, 4) is 55.6 Å². The van der Waals surface area contributed by atoms with Crippen molar-refractivity contribution in [2.24, 2.45) is 0 Å². The number of hydrogen-bond acceptors (Lipinski definition) is 1. The smallest absolute Gasteiger partial charge is 0.0725 e. The fraction of sp³-hybridized carbons (Fsp3) is 0.0645. The maximum atomic E-state index is 2.45. The molecule has 1 unspecified atom stereocenters. The SMILES string of the molecule is CC1(C)c2ccccc2-c2ccc(-c3ccc(N(c4ccc(-c5ccccc5)cc4)c4ccc5c(c4)-c4ccccc4C54c5ccccc5-c5c4ccc4ccccc54)cc3)cc21. The number of anilines is 3. The molecule has 1 nitrogen and oxygen atoms in total. The Morgan fingerprint density at radius 3 is 1.52 bits per heavy atom. The molecule has 0 heterocycles. The molecule has 0 bridgehead atoms. The van der Waals surface area contributed by atoms with Crippen molar-refractivity contribution in [3.05, 3.63) is 258 Å². The molecule has 1 heteroatoms. The topological polar surface area (TPSA) is 3.24 Å². The minimum absolute atomic E-state index is 0.0498. The zero-order valence-corrected chi connectivity index (χ0v) is 35.3. The molecule has 3 aliphatic carbocycles. The van der Waals surface area contributed by atoms with E-state index < -0.39 is 5.41 Å². The first-order valence-electron chi connectivity index (χ1n) is 22.2. The van der Waals surface area contributed by atoms with Crippen LogP contribution in [0.5, 0.6) is 0 Å². The molecule has 296 valence electrons. The predicted octanol–water partition coefficient (Wildman–Crippen LogP) is 16.3. The molecule has 1 spiro atoms. The van der Waals surface area contributed by atoms with E-state index in [4.69, 9.17) is 0 Å². The molecule has 0 N–H and O–H groups in total. The van der Waals surface area contributed by atoms with E-state index in [0.29, 0.717) is 0 Å². The Morgan fingerprint density at radius 1 is 0.302 bits per heavy atom. The quantitative estimate of drug-likeness (QED) is 0.168. The maximum Gasteiger partial charge on any atom is 0.0725 e. The summed E-state index contributed by atoms with van der Waals surface area (Å²) in [5, 5.41) is 2.58. The first-order chi connectivity index (χ1) is 31.0. The van der Waals surface area contributed by atoms with Crippen molar-refractivity contribution in [3.63, 3.8) is 0 Å². The second-order valence-corrected chi connectivity index (χ2v) is 18.0. The van der Waals surface area contributed by atoms with Crippen molar-refractivity contribution in [2.45, 2.75) is 24.7 Å². The molecule has 10 aromatic carbocycles. The van der Waals surface area contributed by atoms with Crippen LogP contribution in [0.3, 0.4) is 0 Å². The normalized spacial score (nSPS) is 15.7. The Bertz CT molecular complexity index is 3470. The summed E-state index contributed by atoms with van der Waals surface area (Å²) in [7, 11) is 0. The molecule has 13 rings (SSSR count). The Morgan fingerprint density at radius 2 is 0.794 bits per heavy atom. The lowest BCUT2D eigenvalue weighted by Gasteiger charge is -2.31. The fourth-order valence-corrected chi connectivity index (χ4v) is 11.6. The zero-order chi connectivity index (χ0) is 41.9. The maximum absolute atomic E-state index is 2.45. The summed E-state index contributed by atoms with van der Waals surface area (Å²) in [4.78, 5) is 2.43. The first kappa shape index (κ1) is 36.0. The molecule has 0 aromatic heterocycles. The number of hydrogen-bond donors (Lipinski definition) is 0. The van der Waals surface area contributed by atoms with Gasteiger partial charge in [-0.2, -0.15) is 0 Å². The van der Waals surface area contributed by atoms with Crippen molar-refractivity contribution >= 4 is 27.8 Å². The molecule has 0 radical (unpaired) electrons. The van der Waals surface area contributed by atoms with Gasteiger partial charge in [-0.3, -0.25) is 0 Å². The summed E-state index contributed by atoms with van der Waals surface area (Å²) in [6.07, 6.45) is 0. The van der Waals surface area contributed by atoms with Crippen LogP contribution in [0.1, 0.15) is 47.2 Å². The van der Waals surface area contributed by atoms with Crippen LogP contribution in [0.4, 0.5) is 17.1 Å². The standard InChI is InChI=1S/C62H43N/c1-61(2)54-21-11-8-18-49(54)51-35-28-44(38-59(51)61)42-26-32-46(33-27-42)63(45-30-24-41(25-31-45)40-14-4-3-5-15-40)47-34-37-57-53(39-47)50-19-9-12-22-55(50)62(57)56-23-13-10-20-52(56)60-48-17-7-6-16-43(48)29-36-58(60)62/h3-39H,1-2H3. The Labute approximate surface area is 369 Å². The van der Waals surface area contributed by atoms with Crippen molar-refractivity contribution in [1.82, 2.24) is 0 Å². The van der Waals surface area contributed by atoms with E-state index >= 15 is 0 Å². The van der Waals surface area contributed by atoms with Crippen LogP contribution in [-0.4, -0.2) is 0 Å². The van der Waals surface area contributed by atoms with Crippen LogP contribution in [0.25, 0.3) is 66.4 Å². The number of rotatable bonds is 5. The summed E-state index contributed by atoms with van der Waals surface area (Å²) in [6, 6.07) is 83.9. The number of fused-ring (bicyclic) bond motifs is 15. The minimum atomic E-state index is -0.421. The van der Waals surface area contributed by atoms with Gasteiger partial charge in [-0.05, 0) is 142 Å². The third-order valence-electron chi connectivity index (χ3n) is 14.5. The van der Waals surface area contributed by atoms with Gasteiger partial charge in [0.25, 0.3) is 0 Å². The Kier molecular flexibility index (Phi) is 7.64. The van der Waals surface area contributed by atoms with Crippen LogP contribution in [0, 0.1) is 0 Å². The van der Waals surface area contributed by atoms with E-state index in [0.717, 1.165) is 17.1 Å². The van der Waals surface area contributed by atoms with Gasteiger partial charge in [0.1, 0.15) is 0 Å². The summed E-state index contributed by atoms with van der Waals surface area (Å²) in [6.45, 7) is 4.71. The number of benzene rings is 10. The van der Waals surface area contributed by atoms with Crippen LogP contribution < -0.4 is 4.90 Å². The lowest BCUT2D eigenvalue weighted by Crippen LogP contribution is -2.25. The summed E-state index contributed by atoms with van der Waals surface area (Å²) in [5.74, 6) is 0. The zero-order valence-electron chi connectivity index (χ0n) is 35.3. The molecule has 0 amide bonds. The van der Waals surface area contributed by atoms with Gasteiger partial charge in [0.2, 0.25) is 0 Å². The second kappa shape index (κ2) is 13.4. The van der Waals surface area contributed by atoms with E-state index in [1.54, 1.807) is 0 Å². The monoisotopic (exact) mass is 801 g/mol. The summed E-state index contributed by atoms with van der Waals surface area (Å²) in [5.41, 5.74) is 23.9. The van der Waals surface area contributed by atoms with E-state index in [9.17, 15) is 0 Å². The first-order valence-corrected chi connectivity index (χ1v) is 22.2. The van der Waals surface area contributed by atoms with E-state index in [1.807, 2.05) is 0 Å². The highest BCUT2D eigenvalue weighted by Gasteiger charge is 2.52. The number of nitrogens with zero attached hydrogens (tertiary/aromatic N) is 1. The van der Waals surface area contributed by atoms with Crippen LogP contribution in [-0.2, 0) is 10.8 Å². The minimum Gasteiger partial charge on any atom is -0.310 e. The molecular formula is C62H43N. The van der Waals surface area contributed by atoms with Gasteiger partial charge >= 0.3 is 0 Å². The van der Waals surface area contributed by atoms with Crippen LogP contribution in [0.2, 0.25) is 0 Å². The molecular weight excluding hydrogens is 759 g/mol. The van der Waals surface area contributed by atoms with Crippen LogP contribution >= 0.6 is 0 Å². The lowest BCUT2D eigenvalue weighted by atomic mass is 9.70. The average Bonchev–Trinajstić information content (AvgIpc) is 3.90. The second-order valence-electron chi connectivity index (χ2n) is 18.0. The molecule has 10 aromatic rings. The lowest BCUT2D eigenvalue weighted by molar-refractivity contribution is 0.660. The molecule has 0 saturated heterocycles. The van der Waals surface area contributed by atoms with E-state index in [1.165, 1.54) is 99.8 Å². The average molecular weight is 802 g/mol. The van der Waals surface area contributed by atoms with Gasteiger partial charge in [-0.15, -0.1) is 0 Å². The molecule has 0 saturated carbocycles. The van der Waals surface area contributed by atoms with Crippen LogP contribution in [0.15, 0.2) is 224 Å². The fourth-order valence-electron chi connectivity index (χ4n) is 11.6. The Hall–Kier alpha value is -7.74. The van der Waals surface area contributed by atoms with Gasteiger partial charge in [-0.1, -0.05) is 196 Å².